The van der Waals surface area contributed by atoms with Crippen molar-refractivity contribution >= 4 is 17.2 Å². The van der Waals surface area contributed by atoms with E-state index in [4.69, 9.17) is 4.74 Å². The molecule has 1 saturated heterocycles. The molecule has 0 spiro atoms. The van der Waals surface area contributed by atoms with Gasteiger partial charge in [-0.05, 0) is 18.4 Å². The van der Waals surface area contributed by atoms with Gasteiger partial charge in [0.2, 0.25) is 5.91 Å². The van der Waals surface area contributed by atoms with Crippen LogP contribution in [0.25, 0.3) is 0 Å². The first-order valence-corrected chi connectivity index (χ1v) is 6.05. The van der Waals surface area contributed by atoms with Gasteiger partial charge >= 0.3 is 0 Å². The van der Waals surface area contributed by atoms with Crippen LogP contribution in [0.15, 0.2) is 17.5 Å². The maximum absolute atomic E-state index is 11.9. The number of carbonyl (C=O) groups is 1. The summed E-state index contributed by atoms with van der Waals surface area (Å²) in [6.07, 6.45) is 0.704. The smallest absolute Gasteiger partial charge is 0.227 e. The fourth-order valence-electron chi connectivity index (χ4n) is 1.72. The van der Waals surface area contributed by atoms with Gasteiger partial charge < -0.3 is 9.64 Å². The molecule has 2 rings (SSSR count). The molecule has 0 bridgehead atoms. The van der Waals surface area contributed by atoms with Gasteiger partial charge in [-0.25, -0.2) is 0 Å². The summed E-state index contributed by atoms with van der Waals surface area (Å²) in [6.45, 7) is 4.13. The number of amides is 1. The molecule has 0 saturated carbocycles. The van der Waals surface area contributed by atoms with Gasteiger partial charge in [-0.2, -0.15) is 0 Å². The van der Waals surface area contributed by atoms with Crippen LogP contribution in [0.2, 0.25) is 0 Å². The minimum atomic E-state index is 0.172. The van der Waals surface area contributed by atoms with E-state index in [1.165, 1.54) is 0 Å². The Labute approximate surface area is 93.7 Å². The third-order valence-electron chi connectivity index (χ3n) is 2.50. The molecule has 2 heterocycles. The van der Waals surface area contributed by atoms with Crippen molar-refractivity contribution in [2.45, 2.75) is 19.4 Å². The quantitative estimate of drug-likeness (QED) is 0.764. The monoisotopic (exact) mass is 225 g/mol. The molecule has 3 nitrogen and oxygen atoms in total. The third kappa shape index (κ3) is 2.79. The maximum atomic E-state index is 11.9. The Balaban J connectivity index is 1.90. The van der Waals surface area contributed by atoms with Gasteiger partial charge in [0, 0.05) is 18.0 Å². The lowest BCUT2D eigenvalue weighted by Crippen LogP contribution is -2.45. The van der Waals surface area contributed by atoms with Crippen molar-refractivity contribution in [2.75, 3.05) is 19.7 Å². The summed E-state index contributed by atoms with van der Waals surface area (Å²) in [7, 11) is 0. The molecule has 1 aliphatic rings. The molecule has 1 amide bonds. The van der Waals surface area contributed by atoms with E-state index in [0.717, 1.165) is 18.0 Å². The summed E-state index contributed by atoms with van der Waals surface area (Å²) >= 11 is 1.64. The van der Waals surface area contributed by atoms with Crippen LogP contribution >= 0.6 is 11.3 Å². The maximum Gasteiger partial charge on any atom is 0.227 e. The zero-order valence-electron chi connectivity index (χ0n) is 8.81. The van der Waals surface area contributed by atoms with Gasteiger partial charge in [-0.1, -0.05) is 6.07 Å². The predicted molar refractivity (Wildman–Crippen MR) is 60.0 cm³/mol. The number of nitrogens with zero attached hydrogens (tertiary/aromatic N) is 1. The van der Waals surface area contributed by atoms with Crippen molar-refractivity contribution < 1.29 is 9.53 Å². The molecule has 15 heavy (non-hydrogen) atoms. The summed E-state index contributed by atoms with van der Waals surface area (Å²) < 4.78 is 5.40. The summed E-state index contributed by atoms with van der Waals surface area (Å²) in [4.78, 5) is 14.9. The van der Waals surface area contributed by atoms with Gasteiger partial charge in [0.25, 0.3) is 0 Å². The molecule has 82 valence electrons. The topological polar surface area (TPSA) is 29.5 Å². The fraction of sp³-hybridized carbons (Fsp3) is 0.545. The first kappa shape index (κ1) is 10.6. The van der Waals surface area contributed by atoms with Gasteiger partial charge in [-0.15, -0.1) is 11.3 Å². The number of ether oxygens (including phenoxy) is 1. The Morgan fingerprint density at radius 3 is 3.27 bits per heavy atom. The average Bonchev–Trinajstić information content (AvgIpc) is 2.70. The summed E-state index contributed by atoms with van der Waals surface area (Å²) in [6, 6.07) is 3.99. The van der Waals surface area contributed by atoms with E-state index in [9.17, 15) is 4.79 Å². The highest BCUT2D eigenvalue weighted by Gasteiger charge is 2.21. The lowest BCUT2D eigenvalue weighted by Gasteiger charge is -2.31. The molecule has 0 radical (unpaired) electrons. The minimum absolute atomic E-state index is 0.172. The molecule has 1 aromatic heterocycles. The molecular weight excluding hydrogens is 210 g/mol. The van der Waals surface area contributed by atoms with Crippen molar-refractivity contribution in [3.8, 4) is 0 Å². The molecule has 1 fully saturated rings. The molecule has 0 aliphatic carbocycles. The van der Waals surface area contributed by atoms with E-state index in [0.29, 0.717) is 13.0 Å². The Kier molecular flexibility index (Phi) is 3.38. The Morgan fingerprint density at radius 1 is 1.73 bits per heavy atom. The molecular formula is C11H15NO2S. The Morgan fingerprint density at radius 2 is 2.60 bits per heavy atom. The van der Waals surface area contributed by atoms with Gasteiger partial charge in [-0.3, -0.25) is 4.79 Å². The lowest BCUT2D eigenvalue weighted by atomic mass is 10.2. The van der Waals surface area contributed by atoms with Crippen LogP contribution in [0.5, 0.6) is 0 Å². The molecule has 0 N–H and O–H groups in total. The van der Waals surface area contributed by atoms with Gasteiger partial charge in [0.1, 0.15) is 0 Å². The van der Waals surface area contributed by atoms with Crippen LogP contribution in [-0.4, -0.2) is 36.6 Å². The first-order chi connectivity index (χ1) is 7.25. The predicted octanol–water partition coefficient (Wildman–Crippen LogP) is 1.54. The van der Waals surface area contributed by atoms with E-state index >= 15 is 0 Å². The van der Waals surface area contributed by atoms with E-state index < -0.39 is 0 Å². The van der Waals surface area contributed by atoms with E-state index in [2.05, 4.69) is 0 Å². The highest BCUT2D eigenvalue weighted by molar-refractivity contribution is 7.10. The van der Waals surface area contributed by atoms with Crippen LogP contribution in [0.1, 0.15) is 11.8 Å². The third-order valence-corrected chi connectivity index (χ3v) is 3.38. The number of hydrogen-bond donors (Lipinski definition) is 0. The minimum Gasteiger partial charge on any atom is -0.375 e. The molecule has 1 aliphatic heterocycles. The second kappa shape index (κ2) is 4.77. The Hall–Kier alpha value is -0.870. The van der Waals surface area contributed by atoms with Crippen LogP contribution < -0.4 is 0 Å². The van der Waals surface area contributed by atoms with E-state index in [1.54, 1.807) is 11.3 Å². The highest BCUT2D eigenvalue weighted by Crippen LogP contribution is 2.12. The summed E-state index contributed by atoms with van der Waals surface area (Å²) in [5, 5.41) is 2.00. The van der Waals surface area contributed by atoms with Crippen molar-refractivity contribution in [3.63, 3.8) is 0 Å². The highest BCUT2D eigenvalue weighted by atomic mass is 32.1. The van der Waals surface area contributed by atoms with Crippen molar-refractivity contribution in [3.05, 3.63) is 22.4 Å². The second-order valence-corrected chi connectivity index (χ2v) is 4.81. The normalized spacial score (nSPS) is 21.7. The average molecular weight is 225 g/mol. The number of hydrogen-bond acceptors (Lipinski definition) is 3. The van der Waals surface area contributed by atoms with E-state index in [1.807, 2.05) is 29.3 Å². The Bertz CT molecular complexity index is 323. The van der Waals surface area contributed by atoms with E-state index in [-0.39, 0.29) is 12.0 Å². The van der Waals surface area contributed by atoms with Crippen molar-refractivity contribution in [1.82, 2.24) is 4.90 Å². The zero-order valence-corrected chi connectivity index (χ0v) is 9.63. The summed E-state index contributed by atoms with van der Waals surface area (Å²) in [5.41, 5.74) is 0. The zero-order chi connectivity index (χ0) is 10.7. The standard InChI is InChI=1S/C11H15NO2S/c1-9-8-12(4-5-14-9)11(13)7-10-3-2-6-15-10/h2-3,6,9H,4-5,7-8H2,1H3. The van der Waals surface area contributed by atoms with Gasteiger partial charge in [0.15, 0.2) is 0 Å². The second-order valence-electron chi connectivity index (χ2n) is 3.78. The van der Waals surface area contributed by atoms with Crippen LogP contribution in [0, 0.1) is 0 Å². The number of morpholine rings is 1. The number of thiophene rings is 1. The lowest BCUT2D eigenvalue weighted by molar-refractivity contribution is -0.137. The van der Waals surface area contributed by atoms with Crippen molar-refractivity contribution in [1.29, 1.82) is 0 Å². The van der Waals surface area contributed by atoms with Crippen LogP contribution in [0.3, 0.4) is 0 Å². The van der Waals surface area contributed by atoms with Gasteiger partial charge in [0.05, 0.1) is 19.1 Å². The molecule has 1 atom stereocenters. The molecule has 1 aromatic rings. The van der Waals surface area contributed by atoms with Crippen molar-refractivity contribution in [2.24, 2.45) is 0 Å². The number of rotatable bonds is 2. The molecule has 0 aromatic carbocycles. The largest absolute Gasteiger partial charge is 0.375 e. The van der Waals surface area contributed by atoms with Crippen LogP contribution in [0.4, 0.5) is 0 Å². The number of carbonyl (C=O) groups excluding carboxylic acids is 1. The molecule has 4 heteroatoms. The van der Waals surface area contributed by atoms with Crippen LogP contribution in [-0.2, 0) is 16.0 Å². The first-order valence-electron chi connectivity index (χ1n) is 5.17. The molecule has 1 unspecified atom stereocenters. The SMILES string of the molecule is CC1CN(C(=O)Cc2cccs2)CCO1. The fourth-order valence-corrected chi connectivity index (χ4v) is 2.41. The summed E-state index contributed by atoms with van der Waals surface area (Å²) in [5.74, 6) is 0.215.